The second kappa shape index (κ2) is 3.75. The molecular formula is C9H16O4. The lowest BCUT2D eigenvalue weighted by Gasteiger charge is -2.19. The van der Waals surface area contributed by atoms with Crippen LogP contribution in [0.4, 0.5) is 0 Å². The third kappa shape index (κ3) is 2.51. The van der Waals surface area contributed by atoms with Crippen LogP contribution in [-0.4, -0.2) is 45.8 Å². The number of epoxide rings is 1. The van der Waals surface area contributed by atoms with Gasteiger partial charge in [-0.15, -0.1) is 0 Å². The molecule has 0 aliphatic carbocycles. The topological polar surface area (TPSA) is 73.2 Å². The number of hydrogen-bond acceptors (Lipinski definition) is 4. The lowest BCUT2D eigenvalue weighted by molar-refractivity contribution is 0.00367. The molecule has 0 spiro atoms. The summed E-state index contributed by atoms with van der Waals surface area (Å²) < 4.78 is 5.06. The van der Waals surface area contributed by atoms with Crippen molar-refractivity contribution in [2.75, 3.05) is 6.61 Å². The zero-order valence-corrected chi connectivity index (χ0v) is 7.84. The molecule has 1 saturated heterocycles. The van der Waals surface area contributed by atoms with Crippen LogP contribution in [0.3, 0.4) is 0 Å². The second-order valence-electron chi connectivity index (χ2n) is 3.51. The zero-order valence-electron chi connectivity index (χ0n) is 7.84. The quantitative estimate of drug-likeness (QED) is 0.408. The van der Waals surface area contributed by atoms with Crippen molar-refractivity contribution in [1.29, 1.82) is 0 Å². The highest BCUT2D eigenvalue weighted by Gasteiger charge is 2.49. The van der Waals surface area contributed by atoms with E-state index < -0.39 is 18.3 Å². The van der Waals surface area contributed by atoms with Crippen LogP contribution in [0.2, 0.25) is 0 Å². The molecule has 0 amide bonds. The first-order valence-electron chi connectivity index (χ1n) is 4.36. The fourth-order valence-corrected chi connectivity index (χ4v) is 1.25. The summed E-state index contributed by atoms with van der Waals surface area (Å²) in [7, 11) is 0. The van der Waals surface area contributed by atoms with Crippen LogP contribution in [0, 0.1) is 0 Å². The maximum absolute atomic E-state index is 9.81. The maximum Gasteiger partial charge on any atom is 0.134 e. The van der Waals surface area contributed by atoms with Gasteiger partial charge in [0.15, 0.2) is 0 Å². The molecule has 0 bridgehead atoms. The van der Waals surface area contributed by atoms with E-state index in [0.29, 0.717) is 0 Å². The Labute approximate surface area is 77.5 Å². The molecule has 3 N–H and O–H groups in total. The largest absolute Gasteiger partial charge is 0.393 e. The predicted molar refractivity (Wildman–Crippen MR) is 47.2 cm³/mol. The minimum atomic E-state index is -1.35. The molecule has 4 unspecified atom stereocenters. The number of hydrogen-bond donors (Lipinski definition) is 3. The molecule has 1 aliphatic rings. The Morgan fingerprint density at radius 1 is 1.62 bits per heavy atom. The highest BCUT2D eigenvalue weighted by Crippen LogP contribution is 2.32. The van der Waals surface area contributed by atoms with Crippen molar-refractivity contribution in [2.45, 2.75) is 37.8 Å². The van der Waals surface area contributed by atoms with Gasteiger partial charge in [0.1, 0.15) is 11.7 Å². The molecule has 0 aromatic heterocycles. The first kappa shape index (κ1) is 10.7. The Morgan fingerprint density at radius 2 is 2.15 bits per heavy atom. The SMILES string of the molecule is CC(O)C=CC(O)(CO)C1OC1C. The molecule has 4 heteroatoms. The normalized spacial score (nSPS) is 34.5. The molecule has 1 rings (SSSR count). The van der Waals surface area contributed by atoms with Crippen LogP contribution >= 0.6 is 0 Å². The number of aliphatic hydroxyl groups excluding tert-OH is 2. The molecule has 0 radical (unpaired) electrons. The van der Waals surface area contributed by atoms with E-state index in [0.717, 1.165) is 0 Å². The van der Waals surface area contributed by atoms with Crippen LogP contribution < -0.4 is 0 Å². The van der Waals surface area contributed by atoms with Crippen molar-refractivity contribution in [3.05, 3.63) is 12.2 Å². The van der Waals surface area contributed by atoms with Crippen molar-refractivity contribution in [3.63, 3.8) is 0 Å². The average Bonchev–Trinajstić information content (AvgIpc) is 2.79. The first-order chi connectivity index (χ1) is 5.99. The molecule has 0 aromatic carbocycles. The van der Waals surface area contributed by atoms with Crippen LogP contribution in [-0.2, 0) is 4.74 Å². The van der Waals surface area contributed by atoms with Gasteiger partial charge in [-0.3, -0.25) is 0 Å². The maximum atomic E-state index is 9.81. The lowest BCUT2D eigenvalue weighted by Crippen LogP contribution is -2.38. The third-order valence-corrected chi connectivity index (χ3v) is 2.12. The van der Waals surface area contributed by atoms with E-state index in [1.54, 1.807) is 6.92 Å². The zero-order chi connectivity index (χ0) is 10.1. The molecule has 4 atom stereocenters. The Balaban J connectivity index is 2.59. The van der Waals surface area contributed by atoms with Gasteiger partial charge in [-0.2, -0.15) is 0 Å². The van der Waals surface area contributed by atoms with E-state index in [2.05, 4.69) is 0 Å². The summed E-state index contributed by atoms with van der Waals surface area (Å²) in [6, 6.07) is 0. The smallest absolute Gasteiger partial charge is 0.134 e. The number of rotatable bonds is 4. The van der Waals surface area contributed by atoms with Crippen molar-refractivity contribution in [1.82, 2.24) is 0 Å². The number of ether oxygens (including phenoxy) is 1. The second-order valence-corrected chi connectivity index (χ2v) is 3.51. The minimum absolute atomic E-state index is 0.0317. The molecule has 1 fully saturated rings. The summed E-state index contributed by atoms with van der Waals surface area (Å²) in [6.07, 6.45) is 1.81. The van der Waals surface area contributed by atoms with E-state index >= 15 is 0 Å². The summed E-state index contributed by atoms with van der Waals surface area (Å²) in [5.41, 5.74) is -1.35. The van der Waals surface area contributed by atoms with Gasteiger partial charge in [0.05, 0.1) is 18.8 Å². The standard InChI is InChI=1S/C9H16O4/c1-6(11)3-4-9(12,5-10)8-7(2)13-8/h3-4,6-8,10-12H,5H2,1-2H3. The summed E-state index contributed by atoms with van der Waals surface area (Å²) >= 11 is 0. The van der Waals surface area contributed by atoms with Crippen LogP contribution in [0.5, 0.6) is 0 Å². The highest BCUT2D eigenvalue weighted by atomic mass is 16.6. The van der Waals surface area contributed by atoms with Crippen molar-refractivity contribution in [2.24, 2.45) is 0 Å². The van der Waals surface area contributed by atoms with Gasteiger partial charge >= 0.3 is 0 Å². The molecule has 4 nitrogen and oxygen atoms in total. The average molecular weight is 188 g/mol. The highest BCUT2D eigenvalue weighted by molar-refractivity contribution is 5.12. The summed E-state index contributed by atoms with van der Waals surface area (Å²) in [6.45, 7) is 3.00. The van der Waals surface area contributed by atoms with Gasteiger partial charge in [0.25, 0.3) is 0 Å². The van der Waals surface area contributed by atoms with E-state index in [1.807, 2.05) is 6.92 Å². The fraction of sp³-hybridized carbons (Fsp3) is 0.778. The van der Waals surface area contributed by atoms with Crippen LogP contribution in [0.1, 0.15) is 13.8 Å². The summed E-state index contributed by atoms with van der Waals surface area (Å²) in [4.78, 5) is 0. The summed E-state index contributed by atoms with van der Waals surface area (Å²) in [5, 5.41) is 27.7. The van der Waals surface area contributed by atoms with Crippen molar-refractivity contribution < 1.29 is 20.1 Å². The summed E-state index contributed by atoms with van der Waals surface area (Å²) in [5.74, 6) is 0. The predicted octanol–water partition coefficient (Wildman–Crippen LogP) is -0.566. The third-order valence-electron chi connectivity index (χ3n) is 2.12. The van der Waals surface area contributed by atoms with Gasteiger partial charge in [0.2, 0.25) is 0 Å². The Bertz CT molecular complexity index is 202. The van der Waals surface area contributed by atoms with Crippen molar-refractivity contribution >= 4 is 0 Å². The van der Waals surface area contributed by atoms with Crippen molar-refractivity contribution in [3.8, 4) is 0 Å². The Morgan fingerprint density at radius 3 is 2.46 bits per heavy atom. The molecule has 13 heavy (non-hydrogen) atoms. The lowest BCUT2D eigenvalue weighted by atomic mass is 9.98. The van der Waals surface area contributed by atoms with E-state index in [4.69, 9.17) is 14.9 Å². The van der Waals surface area contributed by atoms with Gasteiger partial charge in [-0.25, -0.2) is 0 Å². The first-order valence-corrected chi connectivity index (χ1v) is 4.36. The van der Waals surface area contributed by atoms with E-state index in [1.165, 1.54) is 12.2 Å². The minimum Gasteiger partial charge on any atom is -0.393 e. The van der Waals surface area contributed by atoms with Gasteiger partial charge < -0.3 is 20.1 Å². The van der Waals surface area contributed by atoms with Crippen LogP contribution in [0.25, 0.3) is 0 Å². The molecule has 0 saturated carbocycles. The Hall–Kier alpha value is -0.420. The Kier molecular flexibility index (Phi) is 3.08. The van der Waals surface area contributed by atoms with Crippen LogP contribution in [0.15, 0.2) is 12.2 Å². The number of aliphatic hydroxyl groups is 3. The van der Waals surface area contributed by atoms with Gasteiger partial charge in [-0.1, -0.05) is 6.08 Å². The fourth-order valence-electron chi connectivity index (χ4n) is 1.25. The molecule has 0 aromatic rings. The molecular weight excluding hydrogens is 172 g/mol. The van der Waals surface area contributed by atoms with Gasteiger partial charge in [-0.05, 0) is 19.9 Å². The van der Waals surface area contributed by atoms with E-state index in [9.17, 15) is 5.11 Å². The monoisotopic (exact) mass is 188 g/mol. The molecule has 76 valence electrons. The van der Waals surface area contributed by atoms with Gasteiger partial charge in [0, 0.05) is 0 Å². The molecule has 1 aliphatic heterocycles. The van der Waals surface area contributed by atoms with E-state index in [-0.39, 0.29) is 12.2 Å². The molecule has 1 heterocycles.